The fourth-order valence-corrected chi connectivity index (χ4v) is 2.92. The first-order valence-electron chi connectivity index (χ1n) is 8.00. The van der Waals surface area contributed by atoms with Crippen LogP contribution in [0, 0.1) is 5.92 Å². The maximum atomic E-state index is 12.7. The van der Waals surface area contributed by atoms with Crippen LogP contribution in [-0.4, -0.2) is 30.0 Å². The summed E-state index contributed by atoms with van der Waals surface area (Å²) in [5.74, 6) is 0.296. The number of nitrogens with zero attached hydrogens (tertiary/aromatic N) is 2. The second kappa shape index (κ2) is 7.59. The van der Waals surface area contributed by atoms with Crippen molar-refractivity contribution < 1.29 is 18.0 Å². The number of carbonyl (C=O) groups excluding carboxylic acids is 1. The summed E-state index contributed by atoms with van der Waals surface area (Å²) in [5.41, 5.74) is -0.862. The lowest BCUT2D eigenvalue weighted by Gasteiger charge is -2.33. The number of aromatic nitrogens is 1. The van der Waals surface area contributed by atoms with E-state index in [1.54, 1.807) is 0 Å². The Morgan fingerprint density at radius 3 is 2.58 bits per heavy atom. The molecule has 1 aliphatic heterocycles. The number of halogens is 4. The van der Waals surface area contributed by atoms with Gasteiger partial charge in [0.1, 0.15) is 5.82 Å². The van der Waals surface area contributed by atoms with Crippen molar-refractivity contribution in [1.29, 1.82) is 0 Å². The summed E-state index contributed by atoms with van der Waals surface area (Å²) in [7, 11) is 0. The lowest BCUT2D eigenvalue weighted by Crippen LogP contribution is -2.43. The third-order valence-corrected chi connectivity index (χ3v) is 4.59. The van der Waals surface area contributed by atoms with Crippen molar-refractivity contribution in [2.45, 2.75) is 45.3 Å². The second-order valence-corrected chi connectivity index (χ2v) is 6.51. The molecule has 2 rings (SSSR count). The van der Waals surface area contributed by atoms with Crippen molar-refractivity contribution in [3.8, 4) is 0 Å². The minimum atomic E-state index is -4.46. The predicted octanol–water partition coefficient (Wildman–Crippen LogP) is 3.88. The van der Waals surface area contributed by atoms with Crippen LogP contribution in [0.2, 0.25) is 5.02 Å². The van der Waals surface area contributed by atoms with Gasteiger partial charge in [-0.25, -0.2) is 4.98 Å². The minimum absolute atomic E-state index is 0.0210. The standard InChI is InChI=1S/C16H21ClF3N3O/c1-3-10(2)22-15(24)11-4-6-23(7-5-11)14-13(17)8-12(9-21-14)16(18,19)20/h8-11H,3-7H2,1-2H3,(H,22,24). The van der Waals surface area contributed by atoms with Gasteiger partial charge < -0.3 is 10.2 Å². The highest BCUT2D eigenvalue weighted by Gasteiger charge is 2.33. The molecule has 8 heteroatoms. The molecule has 0 bridgehead atoms. The Morgan fingerprint density at radius 1 is 1.46 bits per heavy atom. The third kappa shape index (κ3) is 4.53. The Labute approximate surface area is 144 Å². The van der Waals surface area contributed by atoms with E-state index in [1.165, 1.54) is 0 Å². The molecule has 134 valence electrons. The van der Waals surface area contributed by atoms with Gasteiger partial charge in [0.05, 0.1) is 10.6 Å². The molecule has 0 aromatic carbocycles. The highest BCUT2D eigenvalue weighted by atomic mass is 35.5. The molecule has 0 radical (unpaired) electrons. The van der Waals surface area contributed by atoms with Crippen LogP contribution in [0.1, 0.15) is 38.7 Å². The molecular weight excluding hydrogens is 343 g/mol. The van der Waals surface area contributed by atoms with Crippen LogP contribution in [-0.2, 0) is 11.0 Å². The maximum Gasteiger partial charge on any atom is 0.417 e. The Bertz CT molecular complexity index is 586. The molecule has 1 unspecified atom stereocenters. The summed E-state index contributed by atoms with van der Waals surface area (Å²) >= 11 is 5.97. The van der Waals surface area contributed by atoms with E-state index >= 15 is 0 Å². The summed E-state index contributed by atoms with van der Waals surface area (Å²) in [6.45, 7) is 5.04. The highest BCUT2D eigenvalue weighted by Crippen LogP contribution is 2.34. The molecule has 1 aliphatic rings. The number of hydrogen-bond donors (Lipinski definition) is 1. The normalized spacial score (nSPS) is 17.7. The zero-order valence-corrected chi connectivity index (χ0v) is 14.4. The number of hydrogen-bond acceptors (Lipinski definition) is 3. The van der Waals surface area contributed by atoms with Crippen molar-refractivity contribution in [2.75, 3.05) is 18.0 Å². The smallest absolute Gasteiger partial charge is 0.355 e. The van der Waals surface area contributed by atoms with E-state index < -0.39 is 11.7 Å². The predicted molar refractivity (Wildman–Crippen MR) is 87.1 cm³/mol. The van der Waals surface area contributed by atoms with E-state index in [9.17, 15) is 18.0 Å². The molecule has 1 atom stereocenters. The Hall–Kier alpha value is -1.50. The first-order valence-corrected chi connectivity index (χ1v) is 8.38. The van der Waals surface area contributed by atoms with Gasteiger partial charge >= 0.3 is 6.18 Å². The second-order valence-electron chi connectivity index (χ2n) is 6.11. The van der Waals surface area contributed by atoms with Crippen molar-refractivity contribution in [1.82, 2.24) is 10.3 Å². The lowest BCUT2D eigenvalue weighted by atomic mass is 9.95. The van der Waals surface area contributed by atoms with E-state index in [0.29, 0.717) is 31.7 Å². The summed E-state index contributed by atoms with van der Waals surface area (Å²) in [6, 6.07) is 1.03. The number of carbonyl (C=O) groups is 1. The van der Waals surface area contributed by atoms with Gasteiger partial charge in [-0.2, -0.15) is 13.2 Å². The van der Waals surface area contributed by atoms with E-state index in [2.05, 4.69) is 10.3 Å². The number of nitrogens with one attached hydrogen (secondary N) is 1. The average molecular weight is 364 g/mol. The Kier molecular flexibility index (Phi) is 5.96. The molecule has 1 amide bonds. The largest absolute Gasteiger partial charge is 0.417 e. The Morgan fingerprint density at radius 2 is 2.08 bits per heavy atom. The summed E-state index contributed by atoms with van der Waals surface area (Å²) in [5, 5.41) is 2.94. The van der Waals surface area contributed by atoms with E-state index in [-0.39, 0.29) is 22.9 Å². The molecule has 1 fully saturated rings. The fourth-order valence-electron chi connectivity index (χ4n) is 2.63. The molecule has 1 N–H and O–H groups in total. The monoisotopic (exact) mass is 363 g/mol. The average Bonchev–Trinajstić information content (AvgIpc) is 2.54. The van der Waals surface area contributed by atoms with Gasteiger partial charge in [0, 0.05) is 31.2 Å². The molecule has 4 nitrogen and oxygen atoms in total. The third-order valence-electron chi connectivity index (χ3n) is 4.32. The number of amides is 1. The van der Waals surface area contributed by atoms with Crippen LogP contribution in [0.5, 0.6) is 0 Å². The number of anilines is 1. The van der Waals surface area contributed by atoms with Gasteiger partial charge in [0.25, 0.3) is 0 Å². The first-order chi connectivity index (χ1) is 11.2. The van der Waals surface area contributed by atoms with Crippen LogP contribution in [0.4, 0.5) is 19.0 Å². The van der Waals surface area contributed by atoms with Gasteiger partial charge in [-0.3, -0.25) is 4.79 Å². The summed E-state index contributed by atoms with van der Waals surface area (Å²) in [4.78, 5) is 17.8. The van der Waals surface area contributed by atoms with E-state index in [0.717, 1.165) is 18.7 Å². The number of piperidine rings is 1. The van der Waals surface area contributed by atoms with Crippen molar-refractivity contribution >= 4 is 23.3 Å². The topological polar surface area (TPSA) is 45.2 Å². The number of alkyl halides is 3. The van der Waals surface area contributed by atoms with Gasteiger partial charge in [-0.15, -0.1) is 0 Å². The van der Waals surface area contributed by atoms with Crippen molar-refractivity contribution in [3.05, 3.63) is 22.8 Å². The molecule has 24 heavy (non-hydrogen) atoms. The van der Waals surface area contributed by atoms with Crippen LogP contribution >= 0.6 is 11.6 Å². The lowest BCUT2D eigenvalue weighted by molar-refractivity contribution is -0.137. The van der Waals surface area contributed by atoms with E-state index in [4.69, 9.17) is 11.6 Å². The van der Waals surface area contributed by atoms with Crippen molar-refractivity contribution in [3.63, 3.8) is 0 Å². The molecule has 1 aromatic rings. The zero-order chi connectivity index (χ0) is 17.9. The van der Waals surface area contributed by atoms with Gasteiger partial charge in [0.2, 0.25) is 5.91 Å². The molecule has 0 spiro atoms. The van der Waals surface area contributed by atoms with Crippen molar-refractivity contribution in [2.24, 2.45) is 5.92 Å². The molecule has 0 saturated carbocycles. The molecule has 0 aliphatic carbocycles. The minimum Gasteiger partial charge on any atom is -0.355 e. The Balaban J connectivity index is 1.98. The fraction of sp³-hybridized carbons (Fsp3) is 0.625. The van der Waals surface area contributed by atoms with Gasteiger partial charge in [0.15, 0.2) is 0 Å². The summed E-state index contributed by atoms with van der Waals surface area (Å²) in [6.07, 6.45) is -1.54. The maximum absolute atomic E-state index is 12.7. The molecule has 1 saturated heterocycles. The molecule has 1 aromatic heterocycles. The van der Waals surface area contributed by atoms with Crippen LogP contribution in [0.15, 0.2) is 12.3 Å². The van der Waals surface area contributed by atoms with Gasteiger partial charge in [-0.1, -0.05) is 18.5 Å². The SMILES string of the molecule is CCC(C)NC(=O)C1CCN(c2ncc(C(F)(F)F)cc2Cl)CC1. The quantitative estimate of drug-likeness (QED) is 0.882. The molecule has 2 heterocycles. The number of rotatable bonds is 4. The van der Waals surface area contributed by atoms with Crippen LogP contribution < -0.4 is 10.2 Å². The van der Waals surface area contributed by atoms with E-state index in [1.807, 2.05) is 18.7 Å². The highest BCUT2D eigenvalue weighted by molar-refractivity contribution is 6.33. The van der Waals surface area contributed by atoms with Crippen LogP contribution in [0.25, 0.3) is 0 Å². The number of pyridine rings is 1. The van der Waals surface area contributed by atoms with Crippen LogP contribution in [0.3, 0.4) is 0 Å². The first kappa shape index (κ1) is 18.8. The van der Waals surface area contributed by atoms with Gasteiger partial charge in [-0.05, 0) is 32.3 Å². The molecular formula is C16H21ClF3N3O. The summed E-state index contributed by atoms with van der Waals surface area (Å²) < 4.78 is 38.0. The zero-order valence-electron chi connectivity index (χ0n) is 13.7.